The summed E-state index contributed by atoms with van der Waals surface area (Å²) >= 11 is 0. The summed E-state index contributed by atoms with van der Waals surface area (Å²) in [6, 6.07) is 7.92. The zero-order valence-corrected chi connectivity index (χ0v) is 14.1. The van der Waals surface area contributed by atoms with E-state index < -0.39 is 11.9 Å². The maximum Gasteiger partial charge on any atom is 0.246 e. The van der Waals surface area contributed by atoms with Gasteiger partial charge >= 0.3 is 0 Å². The fourth-order valence-corrected chi connectivity index (χ4v) is 2.07. The van der Waals surface area contributed by atoms with E-state index >= 15 is 0 Å². The smallest absolute Gasteiger partial charge is 0.246 e. The fraction of sp³-hybridized carbons (Fsp3) is 0.471. The molecule has 3 amide bonds. The van der Waals surface area contributed by atoms with Gasteiger partial charge in [0.2, 0.25) is 18.2 Å². The molecule has 0 heterocycles. The van der Waals surface area contributed by atoms with Gasteiger partial charge in [-0.05, 0) is 17.9 Å². The second kappa shape index (κ2) is 10.4. The van der Waals surface area contributed by atoms with Gasteiger partial charge in [-0.1, -0.05) is 44.2 Å². The highest BCUT2D eigenvalue weighted by molar-refractivity contribution is 5.88. The van der Waals surface area contributed by atoms with Crippen molar-refractivity contribution in [2.24, 2.45) is 5.92 Å². The lowest BCUT2D eigenvalue weighted by Crippen LogP contribution is -2.48. The number of hydrogen-bond acceptors (Lipinski definition) is 4. The Morgan fingerprint density at radius 2 is 1.88 bits per heavy atom. The van der Waals surface area contributed by atoms with Crippen LogP contribution in [0.1, 0.15) is 25.8 Å². The van der Waals surface area contributed by atoms with E-state index in [9.17, 15) is 19.6 Å². The van der Waals surface area contributed by atoms with Crippen LogP contribution in [-0.2, 0) is 20.8 Å². The van der Waals surface area contributed by atoms with Crippen molar-refractivity contribution in [3.8, 4) is 0 Å². The summed E-state index contributed by atoms with van der Waals surface area (Å²) in [5.74, 6) is -0.420. The molecule has 1 aromatic rings. The van der Waals surface area contributed by atoms with Gasteiger partial charge in [-0.25, -0.2) is 5.06 Å². The topological polar surface area (TPSA) is 98.7 Å². The molecule has 0 aliphatic carbocycles. The second-order valence-corrected chi connectivity index (χ2v) is 5.94. The van der Waals surface area contributed by atoms with E-state index in [0.717, 1.165) is 12.0 Å². The number of hydroxylamine groups is 2. The molecular weight excluding hydrogens is 310 g/mol. The third-order valence-electron chi connectivity index (χ3n) is 3.47. The number of benzene rings is 1. The zero-order valence-electron chi connectivity index (χ0n) is 14.1. The molecule has 1 aromatic carbocycles. The van der Waals surface area contributed by atoms with Crippen molar-refractivity contribution in [2.45, 2.75) is 32.7 Å². The van der Waals surface area contributed by atoms with Crippen molar-refractivity contribution in [1.82, 2.24) is 15.7 Å². The molecule has 0 aromatic heterocycles. The summed E-state index contributed by atoms with van der Waals surface area (Å²) in [4.78, 5) is 34.7. The molecule has 0 spiro atoms. The zero-order chi connectivity index (χ0) is 17.9. The van der Waals surface area contributed by atoms with Gasteiger partial charge in [-0.2, -0.15) is 0 Å². The van der Waals surface area contributed by atoms with Gasteiger partial charge in [-0.15, -0.1) is 0 Å². The average molecular weight is 335 g/mol. The number of nitrogens with zero attached hydrogens (tertiary/aromatic N) is 1. The van der Waals surface area contributed by atoms with E-state index in [4.69, 9.17) is 0 Å². The number of nitrogens with one attached hydrogen (secondary N) is 2. The first-order valence-corrected chi connectivity index (χ1v) is 7.95. The molecule has 24 heavy (non-hydrogen) atoms. The Kier molecular flexibility index (Phi) is 8.49. The number of rotatable bonds is 10. The molecule has 7 heteroatoms. The lowest BCUT2D eigenvalue weighted by Gasteiger charge is -2.21. The van der Waals surface area contributed by atoms with Crippen LogP contribution in [0.25, 0.3) is 0 Å². The summed E-state index contributed by atoms with van der Waals surface area (Å²) in [6.07, 6.45) is 1.18. The van der Waals surface area contributed by atoms with Crippen LogP contribution in [0.4, 0.5) is 0 Å². The summed E-state index contributed by atoms with van der Waals surface area (Å²) < 4.78 is 0. The molecule has 3 N–H and O–H groups in total. The largest absolute Gasteiger partial charge is 0.355 e. The minimum atomic E-state index is -1.09. The van der Waals surface area contributed by atoms with Gasteiger partial charge in [0.05, 0.1) is 6.54 Å². The van der Waals surface area contributed by atoms with Crippen LogP contribution in [0.2, 0.25) is 0 Å². The van der Waals surface area contributed by atoms with E-state index in [-0.39, 0.29) is 25.3 Å². The summed E-state index contributed by atoms with van der Waals surface area (Å²) in [7, 11) is 0. The van der Waals surface area contributed by atoms with Crippen molar-refractivity contribution < 1.29 is 19.6 Å². The summed E-state index contributed by atoms with van der Waals surface area (Å²) in [5, 5.41) is 15.1. The van der Waals surface area contributed by atoms with Gasteiger partial charge in [-0.3, -0.25) is 19.6 Å². The Morgan fingerprint density at radius 1 is 1.21 bits per heavy atom. The van der Waals surface area contributed by atoms with E-state index in [1.807, 2.05) is 6.07 Å². The Balaban J connectivity index is 2.53. The molecule has 0 saturated heterocycles. The van der Waals surface area contributed by atoms with Crippen LogP contribution in [0, 0.1) is 5.92 Å². The third kappa shape index (κ3) is 7.23. The molecule has 132 valence electrons. The van der Waals surface area contributed by atoms with E-state index in [2.05, 4.69) is 24.5 Å². The van der Waals surface area contributed by atoms with E-state index in [1.54, 1.807) is 24.3 Å². The summed E-state index contributed by atoms with van der Waals surface area (Å²) in [6.45, 7) is 4.45. The second-order valence-electron chi connectivity index (χ2n) is 5.94. The molecule has 0 saturated carbocycles. The molecule has 1 rings (SSSR count). The van der Waals surface area contributed by atoms with Gasteiger partial charge < -0.3 is 10.6 Å². The molecule has 7 nitrogen and oxygen atoms in total. The lowest BCUT2D eigenvalue weighted by atomic mass is 10.1. The predicted octanol–water partition coefficient (Wildman–Crippen LogP) is 0.724. The maximum atomic E-state index is 12.2. The fourth-order valence-electron chi connectivity index (χ4n) is 2.07. The van der Waals surface area contributed by atoms with Gasteiger partial charge in [0.25, 0.3) is 0 Å². The quantitative estimate of drug-likeness (QED) is 0.333. The minimum absolute atomic E-state index is 0.150. The van der Waals surface area contributed by atoms with Crippen LogP contribution in [0.3, 0.4) is 0 Å². The number of amides is 3. The van der Waals surface area contributed by atoms with Gasteiger partial charge in [0.15, 0.2) is 0 Å². The molecule has 0 radical (unpaired) electrons. The van der Waals surface area contributed by atoms with Crippen molar-refractivity contribution in [2.75, 3.05) is 13.1 Å². The monoisotopic (exact) mass is 335 g/mol. The first kappa shape index (κ1) is 19.6. The van der Waals surface area contributed by atoms with Crippen LogP contribution in [0.15, 0.2) is 30.3 Å². The van der Waals surface area contributed by atoms with Crippen molar-refractivity contribution in [3.63, 3.8) is 0 Å². The third-order valence-corrected chi connectivity index (χ3v) is 3.47. The SMILES string of the molecule is CC(C)CCNC(=O)CNC(=O)C(Cc1ccccc1)N(O)C=O. The summed E-state index contributed by atoms with van der Waals surface area (Å²) in [5.41, 5.74) is 0.792. The molecule has 1 atom stereocenters. The molecule has 0 bridgehead atoms. The number of hydrogen-bond donors (Lipinski definition) is 3. The van der Waals surface area contributed by atoms with Crippen molar-refractivity contribution in [1.29, 1.82) is 0 Å². The van der Waals surface area contributed by atoms with Gasteiger partial charge in [0.1, 0.15) is 6.04 Å². The molecule has 0 aliphatic rings. The Labute approximate surface area is 142 Å². The standard InChI is InChI=1S/C17H25N3O4/c1-13(2)8-9-18-16(22)11-19-17(23)15(20(24)12-21)10-14-6-4-3-5-7-14/h3-7,12-13,15,24H,8-11H2,1-2H3,(H,18,22)(H,19,23). The number of carbonyl (C=O) groups excluding carboxylic acids is 3. The molecule has 1 unspecified atom stereocenters. The Hall–Kier alpha value is -2.41. The van der Waals surface area contributed by atoms with Crippen molar-refractivity contribution >= 4 is 18.2 Å². The van der Waals surface area contributed by atoms with Crippen LogP contribution < -0.4 is 10.6 Å². The molecular formula is C17H25N3O4. The van der Waals surface area contributed by atoms with E-state index in [0.29, 0.717) is 17.5 Å². The highest BCUT2D eigenvalue weighted by Crippen LogP contribution is 2.07. The Morgan fingerprint density at radius 3 is 2.46 bits per heavy atom. The molecule has 0 fully saturated rings. The highest BCUT2D eigenvalue weighted by atomic mass is 16.5. The molecule has 0 aliphatic heterocycles. The number of carbonyl (C=O) groups is 3. The average Bonchev–Trinajstić information content (AvgIpc) is 2.57. The predicted molar refractivity (Wildman–Crippen MR) is 89.1 cm³/mol. The normalized spacial score (nSPS) is 11.7. The maximum absolute atomic E-state index is 12.2. The Bertz CT molecular complexity index is 534. The minimum Gasteiger partial charge on any atom is -0.355 e. The first-order chi connectivity index (χ1) is 11.4. The van der Waals surface area contributed by atoms with Gasteiger partial charge in [0, 0.05) is 13.0 Å². The first-order valence-electron chi connectivity index (χ1n) is 7.95. The van der Waals surface area contributed by atoms with E-state index in [1.165, 1.54) is 0 Å². The van der Waals surface area contributed by atoms with Crippen LogP contribution in [-0.4, -0.2) is 47.6 Å². The highest BCUT2D eigenvalue weighted by Gasteiger charge is 2.24. The lowest BCUT2D eigenvalue weighted by molar-refractivity contribution is -0.167. The van der Waals surface area contributed by atoms with Crippen LogP contribution >= 0.6 is 0 Å². The van der Waals surface area contributed by atoms with Crippen LogP contribution in [0.5, 0.6) is 0 Å². The van der Waals surface area contributed by atoms with Crippen molar-refractivity contribution in [3.05, 3.63) is 35.9 Å².